The molecule has 2 aromatic rings. The first-order chi connectivity index (χ1) is 12.5. The largest absolute Gasteiger partial charge is 0.494 e. The topological polar surface area (TPSA) is 50.4 Å². The lowest BCUT2D eigenvalue weighted by molar-refractivity contribution is 0.0977. The summed E-state index contributed by atoms with van der Waals surface area (Å²) >= 11 is 7.57. The Labute approximate surface area is 173 Å². The van der Waals surface area contributed by atoms with Crippen LogP contribution in [0.1, 0.15) is 42.6 Å². The summed E-state index contributed by atoms with van der Waals surface area (Å²) in [4.78, 5) is 12.4. The number of ether oxygens (including phenoxy) is 1. The van der Waals surface area contributed by atoms with Crippen LogP contribution >= 0.6 is 34.8 Å². The molecule has 2 aromatic carbocycles. The lowest BCUT2D eigenvalue weighted by Gasteiger charge is -2.13. The van der Waals surface area contributed by atoms with Crippen LogP contribution in [0.3, 0.4) is 0 Å². The zero-order valence-electron chi connectivity index (χ0n) is 15.0. The molecule has 2 N–H and O–H groups in total. The molecule has 0 aliphatic carbocycles. The van der Waals surface area contributed by atoms with E-state index in [0.29, 0.717) is 17.9 Å². The number of benzene rings is 2. The van der Waals surface area contributed by atoms with E-state index in [4.69, 9.17) is 17.0 Å². The van der Waals surface area contributed by atoms with Crippen molar-refractivity contribution < 1.29 is 9.53 Å². The van der Waals surface area contributed by atoms with Crippen LogP contribution in [-0.4, -0.2) is 17.6 Å². The number of aryl methyl sites for hydroxylation is 1. The summed E-state index contributed by atoms with van der Waals surface area (Å²) in [5.74, 6) is 0.433. The quantitative estimate of drug-likeness (QED) is 0.325. The molecule has 0 unspecified atom stereocenters. The van der Waals surface area contributed by atoms with Crippen LogP contribution in [0.5, 0.6) is 5.75 Å². The van der Waals surface area contributed by atoms with E-state index in [2.05, 4.69) is 53.1 Å². The molecule has 0 radical (unpaired) electrons. The van der Waals surface area contributed by atoms with Crippen LogP contribution in [-0.2, 0) is 6.42 Å². The Kier molecular flexibility index (Phi) is 8.31. The van der Waals surface area contributed by atoms with E-state index in [1.165, 1.54) is 3.57 Å². The monoisotopic (exact) mass is 482 g/mol. The third kappa shape index (κ3) is 6.25. The van der Waals surface area contributed by atoms with Gasteiger partial charge in [-0.15, -0.1) is 0 Å². The van der Waals surface area contributed by atoms with Crippen LogP contribution in [0.15, 0.2) is 42.5 Å². The maximum Gasteiger partial charge on any atom is 0.257 e. The van der Waals surface area contributed by atoms with Crippen LogP contribution in [0.4, 0.5) is 5.69 Å². The number of amides is 1. The van der Waals surface area contributed by atoms with Gasteiger partial charge in [-0.25, -0.2) is 0 Å². The van der Waals surface area contributed by atoms with Gasteiger partial charge in [-0.1, -0.05) is 26.3 Å². The zero-order chi connectivity index (χ0) is 18.9. The molecule has 0 spiro atoms. The van der Waals surface area contributed by atoms with Gasteiger partial charge >= 0.3 is 0 Å². The lowest BCUT2D eigenvalue weighted by Crippen LogP contribution is -2.34. The normalized spacial score (nSPS) is 10.3. The fourth-order valence-electron chi connectivity index (χ4n) is 2.37. The molecule has 0 aliphatic rings. The second-order valence-corrected chi connectivity index (χ2v) is 7.45. The number of hydrogen-bond donors (Lipinski definition) is 2. The van der Waals surface area contributed by atoms with E-state index in [0.717, 1.165) is 30.5 Å². The van der Waals surface area contributed by atoms with Gasteiger partial charge in [-0.3, -0.25) is 10.1 Å². The summed E-state index contributed by atoms with van der Waals surface area (Å²) in [6, 6.07) is 13.2. The molecule has 0 bridgehead atoms. The van der Waals surface area contributed by atoms with Crippen molar-refractivity contribution in [2.75, 3.05) is 11.9 Å². The number of carbonyl (C=O) groups excluding carboxylic acids is 1. The van der Waals surface area contributed by atoms with Crippen molar-refractivity contribution in [3.05, 3.63) is 57.2 Å². The Morgan fingerprint density at radius 3 is 2.73 bits per heavy atom. The van der Waals surface area contributed by atoms with E-state index >= 15 is 0 Å². The Hall–Kier alpha value is -1.67. The predicted octanol–water partition coefficient (Wildman–Crippen LogP) is 5.16. The average molecular weight is 482 g/mol. The molecule has 2 rings (SSSR count). The predicted molar refractivity (Wildman–Crippen MR) is 119 cm³/mol. The molecular formula is C20H23IN2O2S. The fraction of sp³-hybridized carbons (Fsp3) is 0.300. The molecule has 0 fully saturated rings. The molecule has 6 heteroatoms. The number of rotatable bonds is 7. The van der Waals surface area contributed by atoms with Crippen molar-refractivity contribution in [2.24, 2.45) is 0 Å². The molecule has 0 saturated carbocycles. The maximum absolute atomic E-state index is 12.4. The van der Waals surface area contributed by atoms with E-state index in [1.807, 2.05) is 18.2 Å². The van der Waals surface area contributed by atoms with Crippen LogP contribution in [0.2, 0.25) is 0 Å². The Morgan fingerprint density at radius 1 is 1.19 bits per heavy atom. The van der Waals surface area contributed by atoms with Crippen LogP contribution in [0.25, 0.3) is 0 Å². The minimum absolute atomic E-state index is 0.257. The first-order valence-corrected chi connectivity index (χ1v) is 10.2. The Bertz CT molecular complexity index is 780. The summed E-state index contributed by atoms with van der Waals surface area (Å²) < 4.78 is 6.82. The van der Waals surface area contributed by atoms with Gasteiger partial charge in [0, 0.05) is 14.8 Å². The Morgan fingerprint density at radius 2 is 2.00 bits per heavy atom. The van der Waals surface area contributed by atoms with E-state index in [1.54, 1.807) is 18.2 Å². The highest BCUT2D eigenvalue weighted by Gasteiger charge is 2.10. The summed E-state index contributed by atoms with van der Waals surface area (Å²) in [6.07, 6.45) is 2.94. The summed E-state index contributed by atoms with van der Waals surface area (Å²) in [5, 5.41) is 6.12. The van der Waals surface area contributed by atoms with Gasteiger partial charge < -0.3 is 10.1 Å². The summed E-state index contributed by atoms with van der Waals surface area (Å²) in [5.41, 5.74) is 2.58. The molecule has 0 aliphatic heterocycles. The van der Waals surface area contributed by atoms with Crippen molar-refractivity contribution >= 4 is 51.5 Å². The standard InChI is InChI=1S/C20H23IN2O2S/c1-3-5-11-25-17-8-6-7-15(13-17)19(24)23-20(26)22-18-10-9-16(21)12-14(18)4-2/h6-10,12-13H,3-5,11H2,1-2H3,(H2,22,23,24,26). The maximum atomic E-state index is 12.4. The fourth-order valence-corrected chi connectivity index (χ4v) is 3.13. The van der Waals surface area contributed by atoms with Crippen LogP contribution < -0.4 is 15.4 Å². The first kappa shape index (κ1) is 20.6. The molecule has 4 nitrogen and oxygen atoms in total. The highest BCUT2D eigenvalue weighted by atomic mass is 127. The molecule has 0 atom stereocenters. The lowest BCUT2D eigenvalue weighted by atomic mass is 10.1. The van der Waals surface area contributed by atoms with Crippen molar-refractivity contribution in [3.8, 4) is 5.75 Å². The average Bonchev–Trinajstić information content (AvgIpc) is 2.63. The third-order valence-electron chi connectivity index (χ3n) is 3.79. The van der Waals surface area contributed by atoms with E-state index < -0.39 is 0 Å². The number of anilines is 1. The van der Waals surface area contributed by atoms with Gasteiger partial charge in [0.1, 0.15) is 5.75 Å². The van der Waals surface area contributed by atoms with Crippen molar-refractivity contribution in [1.82, 2.24) is 5.32 Å². The molecule has 138 valence electrons. The van der Waals surface area contributed by atoms with Crippen LogP contribution in [0, 0.1) is 3.57 Å². The van der Waals surface area contributed by atoms with Gasteiger partial charge in [-0.05, 0) is 89.6 Å². The van der Waals surface area contributed by atoms with Crippen molar-refractivity contribution in [1.29, 1.82) is 0 Å². The second kappa shape index (κ2) is 10.5. The number of hydrogen-bond acceptors (Lipinski definition) is 3. The summed E-state index contributed by atoms with van der Waals surface area (Å²) in [7, 11) is 0. The molecule has 0 heterocycles. The van der Waals surface area contributed by atoms with Gasteiger partial charge in [0.05, 0.1) is 6.61 Å². The number of unbranched alkanes of at least 4 members (excludes halogenated alkanes) is 1. The molecular weight excluding hydrogens is 459 g/mol. The number of thiocarbonyl (C=S) groups is 1. The molecule has 0 aromatic heterocycles. The third-order valence-corrected chi connectivity index (χ3v) is 4.66. The Balaban J connectivity index is 1.99. The highest BCUT2D eigenvalue weighted by Crippen LogP contribution is 2.19. The molecule has 0 saturated heterocycles. The van der Waals surface area contributed by atoms with E-state index in [9.17, 15) is 4.79 Å². The van der Waals surface area contributed by atoms with E-state index in [-0.39, 0.29) is 11.0 Å². The number of nitrogens with one attached hydrogen (secondary N) is 2. The van der Waals surface area contributed by atoms with Gasteiger partial charge in [0.2, 0.25) is 0 Å². The first-order valence-electron chi connectivity index (χ1n) is 8.67. The van der Waals surface area contributed by atoms with Gasteiger partial charge in [0.25, 0.3) is 5.91 Å². The van der Waals surface area contributed by atoms with Gasteiger partial charge in [-0.2, -0.15) is 0 Å². The highest BCUT2D eigenvalue weighted by molar-refractivity contribution is 14.1. The minimum Gasteiger partial charge on any atom is -0.494 e. The second-order valence-electron chi connectivity index (χ2n) is 5.79. The van der Waals surface area contributed by atoms with Gasteiger partial charge in [0.15, 0.2) is 5.11 Å². The number of carbonyl (C=O) groups is 1. The minimum atomic E-state index is -0.257. The summed E-state index contributed by atoms with van der Waals surface area (Å²) in [6.45, 7) is 4.84. The molecule has 26 heavy (non-hydrogen) atoms. The number of halogens is 1. The molecule has 1 amide bonds. The van der Waals surface area contributed by atoms with Crippen molar-refractivity contribution in [2.45, 2.75) is 33.1 Å². The SMILES string of the molecule is CCCCOc1cccc(C(=O)NC(=S)Nc2ccc(I)cc2CC)c1. The zero-order valence-corrected chi connectivity index (χ0v) is 17.9. The van der Waals surface area contributed by atoms with Crippen molar-refractivity contribution in [3.63, 3.8) is 0 Å². The smallest absolute Gasteiger partial charge is 0.257 e.